The summed E-state index contributed by atoms with van der Waals surface area (Å²) in [6.45, 7) is 3.38. The minimum absolute atomic E-state index is 0.154. The molecule has 0 saturated heterocycles. The second kappa shape index (κ2) is 3.30. The van der Waals surface area contributed by atoms with Gasteiger partial charge in [0.1, 0.15) is 5.82 Å². The normalized spacial score (nSPS) is 9.64. The third kappa shape index (κ3) is 1.65. The Balaban J connectivity index is 3.16. The van der Waals surface area contributed by atoms with Gasteiger partial charge in [-0.2, -0.15) is 0 Å². The van der Waals surface area contributed by atoms with E-state index in [4.69, 9.17) is 5.11 Å². The van der Waals surface area contributed by atoms with Crippen molar-refractivity contribution in [2.75, 3.05) is 0 Å². The summed E-state index contributed by atoms with van der Waals surface area (Å²) in [4.78, 5) is 0. The number of halogens is 1. The van der Waals surface area contributed by atoms with Crippen LogP contribution >= 0.6 is 0 Å². The molecule has 1 aromatic rings. The van der Waals surface area contributed by atoms with E-state index < -0.39 is 0 Å². The quantitative estimate of drug-likeness (QED) is 0.686. The third-order valence-corrected chi connectivity index (χ3v) is 1.50. The number of hydrogen-bond acceptors (Lipinski definition) is 1. The summed E-state index contributed by atoms with van der Waals surface area (Å²) in [5.74, 6) is -0.334. The lowest BCUT2D eigenvalue weighted by Crippen LogP contribution is -1.89. The van der Waals surface area contributed by atoms with Crippen LogP contribution < -0.4 is 0 Å². The number of aliphatic hydroxyl groups is 1. The summed E-state index contributed by atoms with van der Waals surface area (Å²) in [5.41, 5.74) is 1.34. The molecule has 0 heterocycles. The fourth-order valence-corrected chi connectivity index (χ4v) is 0.910. The van der Waals surface area contributed by atoms with Crippen molar-refractivity contribution in [3.63, 3.8) is 0 Å². The van der Waals surface area contributed by atoms with Gasteiger partial charge in [-0.3, -0.25) is 0 Å². The van der Waals surface area contributed by atoms with Crippen molar-refractivity contribution >= 4 is 6.08 Å². The molecule has 0 atom stereocenters. The molecule has 0 aliphatic carbocycles. The Morgan fingerprint density at radius 2 is 2.27 bits per heavy atom. The highest BCUT2D eigenvalue weighted by molar-refractivity contribution is 5.51. The van der Waals surface area contributed by atoms with Gasteiger partial charge >= 0.3 is 0 Å². The molecule has 1 aromatic carbocycles. The van der Waals surface area contributed by atoms with E-state index in [1.165, 1.54) is 12.1 Å². The van der Waals surface area contributed by atoms with Gasteiger partial charge in [0.05, 0.1) is 6.61 Å². The van der Waals surface area contributed by atoms with Crippen molar-refractivity contribution in [1.29, 1.82) is 0 Å². The van der Waals surface area contributed by atoms with Crippen molar-refractivity contribution in [2.45, 2.75) is 6.61 Å². The largest absolute Gasteiger partial charge is 0.392 e. The fraction of sp³-hybridized carbons (Fsp3) is 0.111. The summed E-state index contributed by atoms with van der Waals surface area (Å²) >= 11 is 0. The molecule has 2 heteroatoms. The molecule has 0 fully saturated rings. The molecule has 1 N–H and O–H groups in total. The van der Waals surface area contributed by atoms with Crippen LogP contribution in [0.25, 0.3) is 6.08 Å². The van der Waals surface area contributed by atoms with E-state index in [1.807, 2.05) is 0 Å². The SMILES string of the molecule is C=Cc1ccc(F)cc1CO. The van der Waals surface area contributed by atoms with Gasteiger partial charge in [0, 0.05) is 0 Å². The molecule has 0 amide bonds. The minimum Gasteiger partial charge on any atom is -0.392 e. The zero-order valence-electron chi connectivity index (χ0n) is 6.05. The summed E-state index contributed by atoms with van der Waals surface area (Å²) in [7, 11) is 0. The van der Waals surface area contributed by atoms with Gasteiger partial charge in [-0.1, -0.05) is 18.7 Å². The monoisotopic (exact) mass is 152 g/mol. The van der Waals surface area contributed by atoms with Gasteiger partial charge in [0.2, 0.25) is 0 Å². The summed E-state index contributed by atoms with van der Waals surface area (Å²) in [6.07, 6.45) is 1.59. The van der Waals surface area contributed by atoms with Gasteiger partial charge in [-0.05, 0) is 23.3 Å². The smallest absolute Gasteiger partial charge is 0.123 e. The summed E-state index contributed by atoms with van der Waals surface area (Å²) in [6, 6.07) is 4.24. The van der Waals surface area contributed by atoms with E-state index in [9.17, 15) is 4.39 Å². The van der Waals surface area contributed by atoms with Crippen molar-refractivity contribution in [3.8, 4) is 0 Å². The Kier molecular flexibility index (Phi) is 2.39. The highest BCUT2D eigenvalue weighted by atomic mass is 19.1. The maximum Gasteiger partial charge on any atom is 0.123 e. The first-order valence-corrected chi connectivity index (χ1v) is 3.29. The van der Waals surface area contributed by atoms with Gasteiger partial charge in [-0.25, -0.2) is 4.39 Å². The zero-order chi connectivity index (χ0) is 8.27. The van der Waals surface area contributed by atoms with Crippen LogP contribution in [0.15, 0.2) is 24.8 Å². The van der Waals surface area contributed by atoms with E-state index in [1.54, 1.807) is 12.1 Å². The average molecular weight is 152 g/mol. The molecular weight excluding hydrogens is 143 g/mol. The highest BCUT2D eigenvalue weighted by Crippen LogP contribution is 2.11. The van der Waals surface area contributed by atoms with Crippen LogP contribution in [0, 0.1) is 5.82 Å². The maximum atomic E-state index is 12.5. The van der Waals surface area contributed by atoms with E-state index in [2.05, 4.69) is 6.58 Å². The lowest BCUT2D eigenvalue weighted by molar-refractivity contribution is 0.281. The lowest BCUT2D eigenvalue weighted by Gasteiger charge is -2.00. The number of hydrogen-bond donors (Lipinski definition) is 1. The van der Waals surface area contributed by atoms with Gasteiger partial charge in [0.25, 0.3) is 0 Å². The van der Waals surface area contributed by atoms with Crippen LogP contribution in [-0.4, -0.2) is 5.11 Å². The van der Waals surface area contributed by atoms with E-state index >= 15 is 0 Å². The second-order valence-corrected chi connectivity index (χ2v) is 2.21. The molecule has 0 saturated carbocycles. The Hall–Kier alpha value is -1.15. The summed E-state index contributed by atoms with van der Waals surface area (Å²) < 4.78 is 12.5. The van der Waals surface area contributed by atoms with Crippen LogP contribution in [0.2, 0.25) is 0 Å². The van der Waals surface area contributed by atoms with Crippen LogP contribution in [0.3, 0.4) is 0 Å². The predicted molar refractivity (Wildman–Crippen MR) is 42.4 cm³/mol. The number of benzene rings is 1. The van der Waals surface area contributed by atoms with E-state index in [-0.39, 0.29) is 12.4 Å². The first-order valence-electron chi connectivity index (χ1n) is 3.29. The van der Waals surface area contributed by atoms with Crippen LogP contribution in [-0.2, 0) is 6.61 Å². The highest BCUT2D eigenvalue weighted by Gasteiger charge is 1.98. The predicted octanol–water partition coefficient (Wildman–Crippen LogP) is 1.96. The Labute approximate surface area is 64.8 Å². The van der Waals surface area contributed by atoms with Crippen LogP contribution in [0.1, 0.15) is 11.1 Å². The van der Waals surface area contributed by atoms with E-state index in [0.717, 1.165) is 5.56 Å². The first kappa shape index (κ1) is 7.95. The number of aliphatic hydroxyl groups excluding tert-OH is 1. The van der Waals surface area contributed by atoms with Gasteiger partial charge < -0.3 is 5.11 Å². The second-order valence-electron chi connectivity index (χ2n) is 2.21. The molecule has 0 unspecified atom stereocenters. The Morgan fingerprint density at radius 1 is 1.55 bits per heavy atom. The van der Waals surface area contributed by atoms with Crippen LogP contribution in [0.4, 0.5) is 4.39 Å². The van der Waals surface area contributed by atoms with E-state index in [0.29, 0.717) is 5.56 Å². The molecule has 11 heavy (non-hydrogen) atoms. The van der Waals surface area contributed by atoms with Gasteiger partial charge in [0.15, 0.2) is 0 Å². The van der Waals surface area contributed by atoms with Crippen molar-refractivity contribution in [2.24, 2.45) is 0 Å². The molecule has 0 radical (unpaired) electrons. The lowest BCUT2D eigenvalue weighted by atomic mass is 10.1. The molecule has 1 rings (SSSR count). The number of rotatable bonds is 2. The standard InChI is InChI=1S/C9H9FO/c1-2-7-3-4-9(10)5-8(7)6-11/h2-5,11H,1,6H2. The maximum absolute atomic E-state index is 12.5. The van der Waals surface area contributed by atoms with Gasteiger partial charge in [-0.15, -0.1) is 0 Å². The van der Waals surface area contributed by atoms with Crippen molar-refractivity contribution < 1.29 is 9.50 Å². The average Bonchev–Trinajstić information content (AvgIpc) is 2.04. The first-order chi connectivity index (χ1) is 5.27. The molecule has 1 nitrogen and oxygen atoms in total. The molecule has 0 aliphatic rings. The Morgan fingerprint density at radius 3 is 2.82 bits per heavy atom. The summed E-state index contributed by atoms with van der Waals surface area (Å²) in [5, 5.41) is 8.76. The molecule has 0 spiro atoms. The van der Waals surface area contributed by atoms with Crippen molar-refractivity contribution in [3.05, 3.63) is 41.7 Å². The molecular formula is C9H9FO. The Bertz CT molecular complexity index is 268. The minimum atomic E-state index is -0.334. The third-order valence-electron chi connectivity index (χ3n) is 1.50. The zero-order valence-corrected chi connectivity index (χ0v) is 6.05. The topological polar surface area (TPSA) is 20.2 Å². The van der Waals surface area contributed by atoms with Crippen LogP contribution in [0.5, 0.6) is 0 Å². The molecule has 0 bridgehead atoms. The molecule has 0 aliphatic heterocycles. The van der Waals surface area contributed by atoms with Crippen molar-refractivity contribution in [1.82, 2.24) is 0 Å². The fourth-order valence-electron chi connectivity index (χ4n) is 0.910. The molecule has 58 valence electrons. The molecule has 0 aromatic heterocycles.